The zero-order valence-electron chi connectivity index (χ0n) is 9.72. The third kappa shape index (κ3) is 2.45. The number of hydrazone groups is 1. The minimum Gasteiger partial charge on any atom is -0.497 e. The van der Waals surface area contributed by atoms with Crippen LogP contribution in [0.1, 0.15) is 12.8 Å². The lowest BCUT2D eigenvalue weighted by molar-refractivity contribution is -0.116. The average molecular weight is 233 g/mol. The normalized spacial score (nSPS) is 15.1. The maximum atomic E-state index is 11.8. The van der Waals surface area contributed by atoms with Crippen LogP contribution in [-0.4, -0.2) is 25.3 Å². The molecule has 1 amide bonds. The Kier molecular flexibility index (Phi) is 3.39. The monoisotopic (exact) mass is 233 g/mol. The number of carbonyl (C=O) groups is 1. The van der Waals surface area contributed by atoms with Gasteiger partial charge in [0.1, 0.15) is 5.75 Å². The first-order valence-electron chi connectivity index (χ1n) is 5.48. The number of ether oxygens (including phenoxy) is 1. The number of nitrogens with two attached hydrogens (primary N) is 1. The number of hydrogen-bond donors (Lipinski definition) is 1. The van der Waals surface area contributed by atoms with Crippen LogP contribution in [0.15, 0.2) is 29.4 Å². The van der Waals surface area contributed by atoms with Gasteiger partial charge < -0.3 is 10.5 Å². The number of methoxy groups -OCH3 is 1. The van der Waals surface area contributed by atoms with Crippen molar-refractivity contribution in [1.82, 2.24) is 0 Å². The van der Waals surface area contributed by atoms with Crippen molar-refractivity contribution in [2.75, 3.05) is 18.7 Å². The van der Waals surface area contributed by atoms with Gasteiger partial charge in [0, 0.05) is 12.1 Å². The summed E-state index contributed by atoms with van der Waals surface area (Å²) in [5.41, 5.74) is 7.04. The van der Waals surface area contributed by atoms with Gasteiger partial charge in [-0.1, -0.05) is 0 Å². The van der Waals surface area contributed by atoms with Crippen molar-refractivity contribution < 1.29 is 9.53 Å². The van der Waals surface area contributed by atoms with E-state index in [1.165, 1.54) is 5.01 Å². The smallest absolute Gasteiger partial charge is 0.253 e. The Bertz CT molecular complexity index is 440. The molecule has 1 aliphatic heterocycles. The topological polar surface area (TPSA) is 67.9 Å². The predicted molar refractivity (Wildman–Crippen MR) is 66.2 cm³/mol. The minimum atomic E-state index is -0.0152. The zero-order chi connectivity index (χ0) is 12.3. The first-order valence-corrected chi connectivity index (χ1v) is 5.48. The van der Waals surface area contributed by atoms with E-state index in [-0.39, 0.29) is 5.91 Å². The number of carbonyl (C=O) groups excluding carboxylic acids is 1. The van der Waals surface area contributed by atoms with E-state index in [1.54, 1.807) is 19.2 Å². The summed E-state index contributed by atoms with van der Waals surface area (Å²) in [4.78, 5) is 11.8. The molecule has 1 heterocycles. The van der Waals surface area contributed by atoms with Gasteiger partial charge in [0.15, 0.2) is 0 Å². The Morgan fingerprint density at radius 1 is 1.41 bits per heavy atom. The van der Waals surface area contributed by atoms with Crippen LogP contribution in [0, 0.1) is 0 Å². The van der Waals surface area contributed by atoms with Gasteiger partial charge in [0.25, 0.3) is 5.91 Å². The zero-order valence-corrected chi connectivity index (χ0v) is 9.72. The van der Waals surface area contributed by atoms with Crippen LogP contribution >= 0.6 is 0 Å². The fourth-order valence-corrected chi connectivity index (χ4v) is 1.71. The van der Waals surface area contributed by atoms with Gasteiger partial charge in [-0.3, -0.25) is 4.79 Å². The number of amides is 1. The molecule has 0 atom stereocenters. The molecule has 5 heteroatoms. The molecule has 1 aliphatic rings. The second-order valence-corrected chi connectivity index (χ2v) is 3.79. The standard InChI is InChI=1S/C12H15N3O2/c1-17-11-4-2-10(3-5-11)15-12(16)8-9(14-15)6-7-13/h2-5H,6-8,13H2,1H3. The van der Waals surface area contributed by atoms with E-state index in [9.17, 15) is 4.79 Å². The molecule has 0 aromatic heterocycles. The summed E-state index contributed by atoms with van der Waals surface area (Å²) >= 11 is 0. The highest BCUT2D eigenvalue weighted by molar-refractivity contribution is 6.13. The molecule has 0 bridgehead atoms. The largest absolute Gasteiger partial charge is 0.497 e. The van der Waals surface area contributed by atoms with Crippen LogP contribution < -0.4 is 15.5 Å². The Hall–Kier alpha value is -1.88. The summed E-state index contributed by atoms with van der Waals surface area (Å²) in [6, 6.07) is 7.23. The van der Waals surface area contributed by atoms with Gasteiger partial charge in [-0.25, -0.2) is 5.01 Å². The van der Waals surface area contributed by atoms with Crippen LogP contribution in [0.3, 0.4) is 0 Å². The predicted octanol–water partition coefficient (Wildman–Crippen LogP) is 1.14. The fourth-order valence-electron chi connectivity index (χ4n) is 1.71. The summed E-state index contributed by atoms with van der Waals surface area (Å²) in [7, 11) is 1.60. The lowest BCUT2D eigenvalue weighted by Crippen LogP contribution is -2.19. The summed E-state index contributed by atoms with van der Waals surface area (Å²) in [5.74, 6) is 0.741. The molecule has 1 aromatic carbocycles. The highest BCUT2D eigenvalue weighted by Gasteiger charge is 2.24. The molecule has 0 saturated heterocycles. The molecule has 0 unspecified atom stereocenters. The highest BCUT2D eigenvalue weighted by Crippen LogP contribution is 2.23. The first kappa shape index (κ1) is 11.6. The van der Waals surface area contributed by atoms with Crippen molar-refractivity contribution in [2.24, 2.45) is 10.8 Å². The van der Waals surface area contributed by atoms with E-state index < -0.39 is 0 Å². The molecule has 0 saturated carbocycles. The molecule has 2 N–H and O–H groups in total. The molecule has 0 aliphatic carbocycles. The maximum Gasteiger partial charge on any atom is 0.253 e. The average Bonchev–Trinajstić information content (AvgIpc) is 2.71. The van der Waals surface area contributed by atoms with Gasteiger partial charge in [-0.05, 0) is 30.8 Å². The number of rotatable bonds is 4. The third-order valence-electron chi connectivity index (χ3n) is 2.58. The van der Waals surface area contributed by atoms with Gasteiger partial charge in [-0.15, -0.1) is 0 Å². The Labute approximate surface area is 99.9 Å². The van der Waals surface area contributed by atoms with Gasteiger partial charge in [0.2, 0.25) is 0 Å². The summed E-state index contributed by atoms with van der Waals surface area (Å²) in [5, 5.41) is 5.69. The molecular weight excluding hydrogens is 218 g/mol. The van der Waals surface area contributed by atoms with E-state index >= 15 is 0 Å². The minimum absolute atomic E-state index is 0.0152. The first-order chi connectivity index (χ1) is 8.24. The van der Waals surface area contributed by atoms with Gasteiger partial charge >= 0.3 is 0 Å². The molecule has 2 rings (SSSR count). The summed E-state index contributed by atoms with van der Waals surface area (Å²) < 4.78 is 5.06. The molecule has 0 radical (unpaired) electrons. The van der Waals surface area contributed by atoms with Crippen molar-refractivity contribution in [3.63, 3.8) is 0 Å². The Balaban J connectivity index is 2.18. The molecule has 90 valence electrons. The lowest BCUT2D eigenvalue weighted by atomic mass is 10.2. The SMILES string of the molecule is COc1ccc(N2N=C(CCN)CC2=O)cc1. The number of anilines is 1. The summed E-state index contributed by atoms with van der Waals surface area (Å²) in [6.45, 7) is 0.516. The Morgan fingerprint density at radius 3 is 2.71 bits per heavy atom. The fraction of sp³-hybridized carbons (Fsp3) is 0.333. The number of benzene rings is 1. The van der Waals surface area contributed by atoms with Crippen LogP contribution in [0.25, 0.3) is 0 Å². The number of hydrogen-bond acceptors (Lipinski definition) is 4. The van der Waals surface area contributed by atoms with E-state index in [4.69, 9.17) is 10.5 Å². The van der Waals surface area contributed by atoms with Crippen molar-refractivity contribution in [3.8, 4) is 5.75 Å². The second-order valence-electron chi connectivity index (χ2n) is 3.79. The third-order valence-corrected chi connectivity index (χ3v) is 2.58. The molecular formula is C12H15N3O2. The van der Waals surface area contributed by atoms with Gasteiger partial charge in [0.05, 0.1) is 19.2 Å². The van der Waals surface area contributed by atoms with Crippen molar-refractivity contribution in [2.45, 2.75) is 12.8 Å². The maximum absolute atomic E-state index is 11.8. The molecule has 0 spiro atoms. The Morgan fingerprint density at radius 2 is 2.12 bits per heavy atom. The van der Waals surface area contributed by atoms with E-state index in [0.29, 0.717) is 19.4 Å². The van der Waals surface area contributed by atoms with Gasteiger partial charge in [-0.2, -0.15) is 5.10 Å². The summed E-state index contributed by atoms with van der Waals surface area (Å²) in [6.07, 6.45) is 1.03. The van der Waals surface area contributed by atoms with Crippen molar-refractivity contribution in [1.29, 1.82) is 0 Å². The van der Waals surface area contributed by atoms with Crippen molar-refractivity contribution >= 4 is 17.3 Å². The van der Waals surface area contributed by atoms with E-state index in [2.05, 4.69) is 5.10 Å². The van der Waals surface area contributed by atoms with E-state index in [1.807, 2.05) is 12.1 Å². The lowest BCUT2D eigenvalue weighted by Gasteiger charge is -2.11. The van der Waals surface area contributed by atoms with Crippen molar-refractivity contribution in [3.05, 3.63) is 24.3 Å². The van der Waals surface area contributed by atoms with Crippen LogP contribution in [0.2, 0.25) is 0 Å². The van der Waals surface area contributed by atoms with Crippen LogP contribution in [0.4, 0.5) is 5.69 Å². The van der Waals surface area contributed by atoms with Crippen LogP contribution in [0.5, 0.6) is 5.75 Å². The molecule has 1 aromatic rings. The highest BCUT2D eigenvalue weighted by atomic mass is 16.5. The second kappa shape index (κ2) is 4.97. The molecule has 17 heavy (non-hydrogen) atoms. The molecule has 0 fully saturated rings. The van der Waals surface area contributed by atoms with Crippen LogP contribution in [-0.2, 0) is 4.79 Å². The number of nitrogens with zero attached hydrogens (tertiary/aromatic N) is 2. The van der Waals surface area contributed by atoms with E-state index in [0.717, 1.165) is 17.1 Å². The molecule has 5 nitrogen and oxygen atoms in total. The quantitative estimate of drug-likeness (QED) is 0.847.